The standard InChI is InChI=1S/C14H19NO3S/c16-11-3-1-2-9(11)7-15-14(17)13-6-10-8-18-5-4-12(10)19-13/h6,9,11,16H,1-5,7-8H2,(H,15,17). The molecule has 2 atom stereocenters. The second kappa shape index (κ2) is 5.61. The summed E-state index contributed by atoms with van der Waals surface area (Å²) in [6, 6.07) is 1.94. The average molecular weight is 281 g/mol. The summed E-state index contributed by atoms with van der Waals surface area (Å²) in [4.78, 5) is 14.1. The lowest BCUT2D eigenvalue weighted by Gasteiger charge is -2.14. The molecule has 2 N–H and O–H groups in total. The Bertz CT molecular complexity index is 448. The first kappa shape index (κ1) is 13.1. The van der Waals surface area contributed by atoms with E-state index in [9.17, 15) is 9.90 Å². The summed E-state index contributed by atoms with van der Waals surface area (Å²) in [5.41, 5.74) is 1.15. The van der Waals surface area contributed by atoms with Crippen LogP contribution in [0.25, 0.3) is 0 Å². The molecule has 1 aliphatic carbocycles. The Balaban J connectivity index is 1.59. The highest BCUT2D eigenvalue weighted by Crippen LogP contribution is 2.28. The van der Waals surface area contributed by atoms with Gasteiger partial charge >= 0.3 is 0 Å². The van der Waals surface area contributed by atoms with Crippen molar-refractivity contribution in [1.29, 1.82) is 0 Å². The molecule has 1 aromatic heterocycles. The summed E-state index contributed by atoms with van der Waals surface area (Å²) in [5.74, 6) is 0.209. The van der Waals surface area contributed by atoms with E-state index in [0.29, 0.717) is 13.2 Å². The Kier molecular flexibility index (Phi) is 3.86. The van der Waals surface area contributed by atoms with Crippen LogP contribution < -0.4 is 5.32 Å². The van der Waals surface area contributed by atoms with Crippen molar-refractivity contribution in [3.05, 3.63) is 21.4 Å². The monoisotopic (exact) mass is 281 g/mol. The molecule has 3 rings (SSSR count). The van der Waals surface area contributed by atoms with Gasteiger partial charge in [-0.2, -0.15) is 0 Å². The van der Waals surface area contributed by atoms with E-state index in [-0.39, 0.29) is 17.9 Å². The molecule has 2 aliphatic rings. The number of aliphatic hydroxyl groups excluding tert-OH is 1. The lowest BCUT2D eigenvalue weighted by Crippen LogP contribution is -2.32. The summed E-state index contributed by atoms with van der Waals surface area (Å²) in [6.45, 7) is 1.96. The van der Waals surface area contributed by atoms with E-state index >= 15 is 0 Å². The molecule has 1 saturated carbocycles. The Morgan fingerprint density at radius 2 is 2.42 bits per heavy atom. The van der Waals surface area contributed by atoms with Crippen molar-refractivity contribution in [1.82, 2.24) is 5.32 Å². The van der Waals surface area contributed by atoms with E-state index in [1.54, 1.807) is 11.3 Å². The van der Waals surface area contributed by atoms with Gasteiger partial charge in [0.15, 0.2) is 0 Å². The molecule has 0 spiro atoms. The molecule has 0 bridgehead atoms. The first-order chi connectivity index (χ1) is 9.24. The molecule has 5 heteroatoms. The number of nitrogens with one attached hydrogen (secondary N) is 1. The predicted molar refractivity (Wildman–Crippen MR) is 73.4 cm³/mol. The van der Waals surface area contributed by atoms with E-state index in [1.165, 1.54) is 4.88 Å². The smallest absolute Gasteiger partial charge is 0.261 e. The van der Waals surface area contributed by atoms with Crippen LogP contribution in [0.2, 0.25) is 0 Å². The summed E-state index contributed by atoms with van der Waals surface area (Å²) in [5, 5.41) is 12.7. The van der Waals surface area contributed by atoms with Crippen molar-refractivity contribution in [2.45, 2.75) is 38.4 Å². The molecule has 1 amide bonds. The zero-order valence-electron chi connectivity index (χ0n) is 10.9. The van der Waals surface area contributed by atoms with Crippen molar-refractivity contribution >= 4 is 17.2 Å². The van der Waals surface area contributed by atoms with Crippen molar-refractivity contribution in [3.8, 4) is 0 Å². The second-order valence-corrected chi connectivity index (χ2v) is 6.47. The first-order valence-corrected chi connectivity index (χ1v) is 7.71. The van der Waals surface area contributed by atoms with Crippen molar-refractivity contribution in [2.24, 2.45) is 5.92 Å². The first-order valence-electron chi connectivity index (χ1n) is 6.89. The SMILES string of the molecule is O=C(NCC1CCCC1O)c1cc2c(s1)CCOC2. The summed E-state index contributed by atoms with van der Waals surface area (Å²) >= 11 is 1.57. The van der Waals surface area contributed by atoms with Crippen LogP contribution in [0, 0.1) is 5.92 Å². The molecule has 2 heterocycles. The maximum absolute atomic E-state index is 12.1. The van der Waals surface area contributed by atoms with Crippen LogP contribution in [0.15, 0.2) is 6.07 Å². The quantitative estimate of drug-likeness (QED) is 0.887. The molecule has 0 saturated heterocycles. The number of fused-ring (bicyclic) bond motifs is 1. The minimum absolute atomic E-state index is 0.0153. The molecular formula is C14H19NO3S. The summed E-state index contributed by atoms with van der Waals surface area (Å²) in [6.07, 6.45) is 3.60. The van der Waals surface area contributed by atoms with Gasteiger partial charge in [-0.15, -0.1) is 11.3 Å². The van der Waals surface area contributed by atoms with Gasteiger partial charge in [0.2, 0.25) is 0 Å². The van der Waals surface area contributed by atoms with Crippen LogP contribution in [0.3, 0.4) is 0 Å². The Hall–Kier alpha value is -0.910. The topological polar surface area (TPSA) is 58.6 Å². The highest BCUT2D eigenvalue weighted by Gasteiger charge is 2.26. The molecule has 1 aliphatic heterocycles. The van der Waals surface area contributed by atoms with Crippen LogP contribution in [0.5, 0.6) is 0 Å². The highest BCUT2D eigenvalue weighted by molar-refractivity contribution is 7.14. The number of rotatable bonds is 3. The summed E-state index contributed by atoms with van der Waals surface area (Å²) < 4.78 is 5.39. The fourth-order valence-electron chi connectivity index (χ4n) is 2.83. The van der Waals surface area contributed by atoms with Gasteiger partial charge < -0.3 is 15.2 Å². The number of carbonyl (C=O) groups excluding carboxylic acids is 1. The molecule has 19 heavy (non-hydrogen) atoms. The molecule has 1 fully saturated rings. The van der Waals surface area contributed by atoms with Crippen LogP contribution in [0.1, 0.15) is 39.4 Å². The average Bonchev–Trinajstić information content (AvgIpc) is 3.01. The molecule has 0 aromatic carbocycles. The largest absolute Gasteiger partial charge is 0.393 e. The molecule has 4 nitrogen and oxygen atoms in total. The number of carbonyl (C=O) groups is 1. The van der Waals surface area contributed by atoms with Gasteiger partial charge in [0, 0.05) is 23.8 Å². The van der Waals surface area contributed by atoms with Crippen molar-refractivity contribution < 1.29 is 14.6 Å². The van der Waals surface area contributed by atoms with E-state index in [2.05, 4.69) is 5.32 Å². The normalized spacial score (nSPS) is 26.2. The zero-order valence-corrected chi connectivity index (χ0v) is 11.7. The Morgan fingerprint density at radius 3 is 3.16 bits per heavy atom. The fourth-order valence-corrected chi connectivity index (χ4v) is 3.89. The second-order valence-electron chi connectivity index (χ2n) is 5.33. The number of hydrogen-bond donors (Lipinski definition) is 2. The Labute approximate surface area is 116 Å². The molecular weight excluding hydrogens is 262 g/mol. The number of aliphatic hydroxyl groups is 1. The van der Waals surface area contributed by atoms with E-state index in [0.717, 1.165) is 42.7 Å². The summed E-state index contributed by atoms with van der Waals surface area (Å²) in [7, 11) is 0. The van der Waals surface area contributed by atoms with Crippen molar-refractivity contribution in [2.75, 3.05) is 13.2 Å². The van der Waals surface area contributed by atoms with Gasteiger partial charge in [0.1, 0.15) is 0 Å². The fraction of sp³-hybridized carbons (Fsp3) is 0.643. The third-order valence-corrected chi connectivity index (χ3v) is 5.23. The maximum Gasteiger partial charge on any atom is 0.261 e. The minimum atomic E-state index is -0.245. The van der Waals surface area contributed by atoms with E-state index in [4.69, 9.17) is 4.74 Å². The lowest BCUT2D eigenvalue weighted by molar-refractivity contribution is 0.0920. The van der Waals surface area contributed by atoms with Crippen LogP contribution in [-0.2, 0) is 17.8 Å². The molecule has 1 aromatic rings. The third kappa shape index (κ3) is 2.83. The van der Waals surface area contributed by atoms with Gasteiger partial charge in [-0.3, -0.25) is 4.79 Å². The molecule has 0 radical (unpaired) electrons. The lowest BCUT2D eigenvalue weighted by atomic mass is 10.1. The van der Waals surface area contributed by atoms with Crippen LogP contribution in [-0.4, -0.2) is 30.3 Å². The van der Waals surface area contributed by atoms with Crippen LogP contribution in [0.4, 0.5) is 0 Å². The van der Waals surface area contributed by atoms with Gasteiger partial charge in [0.05, 0.1) is 24.2 Å². The highest BCUT2D eigenvalue weighted by atomic mass is 32.1. The molecule has 2 unspecified atom stereocenters. The third-order valence-electron chi connectivity index (χ3n) is 4.00. The predicted octanol–water partition coefficient (Wildman–Crippen LogP) is 1.71. The van der Waals surface area contributed by atoms with Crippen molar-refractivity contribution in [3.63, 3.8) is 0 Å². The molecule has 104 valence electrons. The minimum Gasteiger partial charge on any atom is -0.393 e. The van der Waals surface area contributed by atoms with Gasteiger partial charge in [0.25, 0.3) is 5.91 Å². The maximum atomic E-state index is 12.1. The zero-order chi connectivity index (χ0) is 13.2. The number of amides is 1. The van der Waals surface area contributed by atoms with Gasteiger partial charge in [-0.1, -0.05) is 6.42 Å². The van der Waals surface area contributed by atoms with E-state index < -0.39 is 0 Å². The number of ether oxygens (including phenoxy) is 1. The number of thiophene rings is 1. The van der Waals surface area contributed by atoms with Gasteiger partial charge in [-0.05, 0) is 24.5 Å². The number of hydrogen-bond acceptors (Lipinski definition) is 4. The Morgan fingerprint density at radius 1 is 1.53 bits per heavy atom. The van der Waals surface area contributed by atoms with E-state index in [1.807, 2.05) is 6.07 Å². The van der Waals surface area contributed by atoms with Crippen LogP contribution >= 0.6 is 11.3 Å². The van der Waals surface area contributed by atoms with Gasteiger partial charge in [-0.25, -0.2) is 0 Å².